The lowest BCUT2D eigenvalue weighted by molar-refractivity contribution is -0.118. The van der Waals surface area contributed by atoms with Crippen molar-refractivity contribution >= 4 is 23.6 Å². The lowest BCUT2D eigenvalue weighted by Gasteiger charge is -2.18. The van der Waals surface area contributed by atoms with E-state index in [0.717, 1.165) is 12.0 Å². The molecule has 1 aromatic carbocycles. The van der Waals surface area contributed by atoms with Gasteiger partial charge < -0.3 is 24.8 Å². The summed E-state index contributed by atoms with van der Waals surface area (Å²) >= 11 is 0. The number of nitrogens with one attached hydrogen (secondary N) is 2. The molecule has 1 aromatic heterocycles. The molecule has 5 rings (SSSR count). The number of benzene rings is 1. The Kier molecular flexibility index (Phi) is 6.33. The predicted molar refractivity (Wildman–Crippen MR) is 120 cm³/mol. The Morgan fingerprint density at radius 2 is 2.23 bits per heavy atom. The normalized spacial score (nSPS) is 20.4. The minimum absolute atomic E-state index is 0.115. The van der Waals surface area contributed by atoms with Gasteiger partial charge in [-0.1, -0.05) is 0 Å². The Morgan fingerprint density at radius 1 is 1.34 bits per heavy atom. The van der Waals surface area contributed by atoms with Crippen LogP contribution < -0.4 is 25.0 Å². The maximum Gasteiger partial charge on any atom is 0.415 e. The number of anilines is 2. The molecule has 182 valence electrons. The van der Waals surface area contributed by atoms with Gasteiger partial charge in [-0.3, -0.25) is 9.69 Å². The first-order valence-electron chi connectivity index (χ1n) is 11.3. The smallest absolute Gasteiger partial charge is 0.415 e. The zero-order valence-corrected chi connectivity index (χ0v) is 18.8. The van der Waals surface area contributed by atoms with Crippen molar-refractivity contribution < 1.29 is 28.2 Å². The summed E-state index contributed by atoms with van der Waals surface area (Å²) in [5, 5.41) is 14.6. The van der Waals surface area contributed by atoms with E-state index in [1.165, 1.54) is 17.2 Å². The lowest BCUT2D eigenvalue weighted by Crippen LogP contribution is -2.30. The number of halogens is 1. The second kappa shape index (κ2) is 9.71. The predicted octanol–water partition coefficient (Wildman–Crippen LogP) is 1.57. The average Bonchev–Trinajstić information content (AvgIpc) is 3.43. The number of aromatic nitrogens is 2. The molecule has 0 radical (unpaired) electrons. The monoisotopic (exact) mass is 482 g/mol. The number of carbonyl (C=O) groups excluding carboxylic acids is 2. The van der Waals surface area contributed by atoms with Crippen molar-refractivity contribution in [3.8, 4) is 17.7 Å². The molecule has 3 heterocycles. The molecule has 2 aromatic rings. The molecule has 35 heavy (non-hydrogen) atoms. The molecular formula is C23H23FN6O5. The van der Waals surface area contributed by atoms with Gasteiger partial charge in [-0.05, 0) is 55.5 Å². The van der Waals surface area contributed by atoms with Crippen LogP contribution in [0.2, 0.25) is 0 Å². The van der Waals surface area contributed by atoms with E-state index in [4.69, 9.17) is 19.5 Å². The maximum atomic E-state index is 14.4. The maximum absolute atomic E-state index is 14.4. The molecule has 2 aliphatic heterocycles. The topological polar surface area (TPSA) is 139 Å². The highest BCUT2D eigenvalue weighted by Gasteiger charge is 2.34. The quantitative estimate of drug-likeness (QED) is 0.537. The fourth-order valence-electron chi connectivity index (χ4n) is 4.51. The molecule has 0 bridgehead atoms. The first-order chi connectivity index (χ1) is 17.0. The molecule has 1 saturated heterocycles. The lowest BCUT2D eigenvalue weighted by atomic mass is 10.1. The van der Waals surface area contributed by atoms with Gasteiger partial charge in [-0.25, -0.2) is 19.2 Å². The summed E-state index contributed by atoms with van der Waals surface area (Å²) in [5.41, 5.74) is 1.62. The first kappa shape index (κ1) is 22.8. The Balaban J connectivity index is 1.09. The summed E-state index contributed by atoms with van der Waals surface area (Å²) in [6.45, 7) is 1.40. The number of hydrogen-bond acceptors (Lipinski definition) is 9. The molecule has 2 amide bonds. The molecule has 12 heteroatoms. The van der Waals surface area contributed by atoms with Gasteiger partial charge in [0.15, 0.2) is 24.8 Å². The van der Waals surface area contributed by atoms with Crippen molar-refractivity contribution in [2.24, 2.45) is 5.92 Å². The average molecular weight is 482 g/mol. The van der Waals surface area contributed by atoms with Crippen LogP contribution in [-0.4, -0.2) is 60.9 Å². The molecule has 3 aliphatic rings. The molecule has 1 fully saturated rings. The third-order valence-corrected chi connectivity index (χ3v) is 6.12. The number of ether oxygens (including phenoxy) is 3. The van der Waals surface area contributed by atoms with Crippen molar-refractivity contribution in [2.75, 3.05) is 43.1 Å². The van der Waals surface area contributed by atoms with Crippen molar-refractivity contribution in [2.45, 2.75) is 25.4 Å². The second-order valence-electron chi connectivity index (χ2n) is 8.59. The van der Waals surface area contributed by atoms with Crippen molar-refractivity contribution in [3.05, 3.63) is 35.3 Å². The summed E-state index contributed by atoms with van der Waals surface area (Å²) in [5.74, 6) is 0.652. The van der Waals surface area contributed by atoms with Gasteiger partial charge in [0.05, 0.1) is 12.7 Å². The molecule has 2 N–H and O–H groups in total. The number of cyclic esters (lactones) is 1. The minimum Gasteiger partial charge on any atom is -0.479 e. The summed E-state index contributed by atoms with van der Waals surface area (Å²) in [4.78, 5) is 33.6. The highest BCUT2D eigenvalue weighted by atomic mass is 19.1. The van der Waals surface area contributed by atoms with Gasteiger partial charge in [-0.15, -0.1) is 0 Å². The molecule has 11 nitrogen and oxygen atoms in total. The Morgan fingerprint density at radius 3 is 3.09 bits per heavy atom. The zero-order valence-electron chi connectivity index (χ0n) is 18.8. The van der Waals surface area contributed by atoms with Crippen LogP contribution in [-0.2, 0) is 22.4 Å². The Labute approximate surface area is 200 Å². The molecule has 0 spiro atoms. The van der Waals surface area contributed by atoms with Crippen molar-refractivity contribution in [3.63, 3.8) is 0 Å². The van der Waals surface area contributed by atoms with E-state index in [9.17, 15) is 14.0 Å². The van der Waals surface area contributed by atoms with E-state index >= 15 is 0 Å². The van der Waals surface area contributed by atoms with Crippen LogP contribution in [0.3, 0.4) is 0 Å². The first-order valence-corrected chi connectivity index (χ1v) is 11.3. The second-order valence-corrected chi connectivity index (χ2v) is 8.59. The van der Waals surface area contributed by atoms with Gasteiger partial charge in [-0.2, -0.15) is 5.26 Å². The van der Waals surface area contributed by atoms with Crippen LogP contribution >= 0.6 is 0 Å². The number of nitrogens with zero attached hydrogens (tertiary/aromatic N) is 4. The van der Waals surface area contributed by atoms with Crippen LogP contribution in [0, 0.1) is 23.1 Å². The van der Waals surface area contributed by atoms with Crippen molar-refractivity contribution in [1.82, 2.24) is 15.3 Å². The van der Waals surface area contributed by atoms with E-state index < -0.39 is 6.09 Å². The molecule has 1 aliphatic carbocycles. The van der Waals surface area contributed by atoms with Crippen LogP contribution in [0.1, 0.15) is 17.5 Å². The number of amides is 2. The Bertz CT molecular complexity index is 1200. The minimum atomic E-state index is -0.525. The van der Waals surface area contributed by atoms with Crippen LogP contribution in [0.15, 0.2) is 18.3 Å². The summed E-state index contributed by atoms with van der Waals surface area (Å²) < 4.78 is 30.3. The fraction of sp³-hybridized carbons (Fsp3) is 0.435. The number of nitriles is 1. The van der Waals surface area contributed by atoms with E-state index in [0.29, 0.717) is 43.8 Å². The number of hydrogen-bond donors (Lipinski definition) is 2. The zero-order chi connectivity index (χ0) is 24.4. The van der Waals surface area contributed by atoms with E-state index in [2.05, 4.69) is 20.6 Å². The molecule has 2 unspecified atom stereocenters. The van der Waals surface area contributed by atoms with E-state index in [-0.39, 0.29) is 54.5 Å². The summed E-state index contributed by atoms with van der Waals surface area (Å²) in [6.07, 6.45) is 2.52. The van der Waals surface area contributed by atoms with Gasteiger partial charge in [0.1, 0.15) is 23.7 Å². The fourth-order valence-corrected chi connectivity index (χ4v) is 4.51. The van der Waals surface area contributed by atoms with E-state index in [1.54, 1.807) is 0 Å². The van der Waals surface area contributed by atoms with Crippen molar-refractivity contribution in [1.29, 1.82) is 5.26 Å². The SMILES string of the molecule is N#CCOc1cc(F)c2c(c1)CC(CNCCC1CN(c3cnc4c(n3)NC(=O)CO4)C(=O)O1)C2. The highest BCUT2D eigenvalue weighted by molar-refractivity contribution is 5.94. The summed E-state index contributed by atoms with van der Waals surface area (Å²) in [7, 11) is 0. The Hall–Kier alpha value is -3.98. The third kappa shape index (κ3) is 4.95. The van der Waals surface area contributed by atoms with E-state index in [1.807, 2.05) is 12.1 Å². The highest BCUT2D eigenvalue weighted by Crippen LogP contribution is 2.32. The largest absolute Gasteiger partial charge is 0.479 e. The molecule has 2 atom stereocenters. The van der Waals surface area contributed by atoms with Crippen LogP contribution in [0.5, 0.6) is 11.6 Å². The van der Waals surface area contributed by atoms with Gasteiger partial charge in [0, 0.05) is 6.07 Å². The third-order valence-electron chi connectivity index (χ3n) is 6.12. The van der Waals surface area contributed by atoms with Crippen LogP contribution in [0.4, 0.5) is 20.8 Å². The molecular weight excluding hydrogens is 459 g/mol. The number of rotatable bonds is 8. The van der Waals surface area contributed by atoms with Crippen LogP contribution in [0.25, 0.3) is 0 Å². The van der Waals surface area contributed by atoms with Gasteiger partial charge >= 0.3 is 6.09 Å². The number of fused-ring (bicyclic) bond motifs is 2. The van der Waals surface area contributed by atoms with Gasteiger partial charge in [0.25, 0.3) is 11.8 Å². The van der Waals surface area contributed by atoms with Gasteiger partial charge in [0.2, 0.25) is 0 Å². The standard InChI is InChI=1S/C23H23FN6O5/c24-18-8-16(33-4-2-25)7-14-5-13(6-17(14)18)9-26-3-1-15-11-30(23(32)35-15)19-10-27-22-21(28-19)29-20(31)12-34-22/h7-8,10,13,15,26H,1,3-6,9,11-12H2,(H,28,29,31). The molecule has 0 saturated carbocycles. The number of carbonyl (C=O) groups is 2. The summed E-state index contributed by atoms with van der Waals surface area (Å²) in [6, 6.07) is 5.02.